The fourth-order valence-corrected chi connectivity index (χ4v) is 6.45. The van der Waals surface area contributed by atoms with Gasteiger partial charge in [-0.2, -0.15) is 0 Å². The highest BCUT2D eigenvalue weighted by molar-refractivity contribution is 7.91. The quantitative estimate of drug-likeness (QED) is 0.298. The number of hydrogen-bond donors (Lipinski definition) is 0. The number of rotatable bonds is 10. The Balaban J connectivity index is 1.11. The van der Waals surface area contributed by atoms with Gasteiger partial charge in [-0.25, -0.2) is 18.4 Å². The standard InChI is InChI=1S/C28H32N6O4S/c35-39(36,25-3-5-27-23(15-25)17-33(21-37-27)11-1-9-31-13-7-29-19-31)26-4-6-28-24(16-26)18-34(22-38-28)12-2-10-32-14-8-30-20-32/h3-8,13-16,19-20H,1-2,9-12,17-18,21-22H2. The zero-order valence-electron chi connectivity index (χ0n) is 21.7. The smallest absolute Gasteiger partial charge is 0.206 e. The number of aryl methyl sites for hydroxylation is 2. The van der Waals surface area contributed by atoms with E-state index in [1.165, 1.54) is 0 Å². The molecule has 0 amide bonds. The van der Waals surface area contributed by atoms with Gasteiger partial charge >= 0.3 is 0 Å². The van der Waals surface area contributed by atoms with E-state index < -0.39 is 9.84 Å². The predicted molar refractivity (Wildman–Crippen MR) is 144 cm³/mol. The molecular formula is C28H32N6O4S. The molecule has 0 bridgehead atoms. The molecule has 2 aromatic carbocycles. The number of hydrogen-bond acceptors (Lipinski definition) is 8. The Morgan fingerprint density at radius 2 is 1.18 bits per heavy atom. The van der Waals surface area contributed by atoms with Crippen LogP contribution in [0.5, 0.6) is 11.5 Å². The van der Waals surface area contributed by atoms with E-state index in [0.29, 0.717) is 26.6 Å². The summed E-state index contributed by atoms with van der Waals surface area (Å²) in [4.78, 5) is 13.1. The van der Waals surface area contributed by atoms with Gasteiger partial charge in [0.1, 0.15) is 25.0 Å². The summed E-state index contributed by atoms with van der Waals surface area (Å²) in [6.45, 7) is 5.73. The lowest BCUT2D eigenvalue weighted by molar-refractivity contribution is 0.0928. The van der Waals surface area contributed by atoms with Gasteiger partial charge in [-0.3, -0.25) is 9.80 Å². The average Bonchev–Trinajstić information content (AvgIpc) is 3.67. The Hall–Kier alpha value is -3.67. The van der Waals surface area contributed by atoms with Crippen LogP contribution in [0.15, 0.2) is 83.6 Å². The van der Waals surface area contributed by atoms with E-state index in [-0.39, 0.29) is 9.79 Å². The Labute approximate surface area is 228 Å². The summed E-state index contributed by atoms with van der Waals surface area (Å²) >= 11 is 0. The average molecular weight is 549 g/mol. The van der Waals surface area contributed by atoms with Gasteiger partial charge in [0.15, 0.2) is 0 Å². The molecule has 4 aromatic rings. The lowest BCUT2D eigenvalue weighted by Crippen LogP contribution is -2.33. The monoisotopic (exact) mass is 548 g/mol. The molecule has 6 rings (SSSR count). The van der Waals surface area contributed by atoms with E-state index >= 15 is 0 Å². The highest BCUT2D eigenvalue weighted by Gasteiger charge is 2.25. The molecule has 11 heteroatoms. The molecule has 2 aliphatic rings. The van der Waals surface area contributed by atoms with Crippen LogP contribution in [-0.2, 0) is 36.0 Å². The molecular weight excluding hydrogens is 516 g/mol. The Kier molecular flexibility index (Phi) is 7.36. The van der Waals surface area contributed by atoms with Crippen LogP contribution in [0.4, 0.5) is 0 Å². The number of benzene rings is 2. The predicted octanol–water partition coefficient (Wildman–Crippen LogP) is 3.40. The summed E-state index contributed by atoms with van der Waals surface area (Å²) in [5.74, 6) is 1.48. The molecule has 0 saturated heterocycles. The van der Waals surface area contributed by atoms with Crippen LogP contribution in [0.3, 0.4) is 0 Å². The number of ether oxygens (including phenoxy) is 2. The SMILES string of the molecule is O=S(=O)(c1ccc2c(c1)CN(CCCn1ccnc1)CO2)c1ccc2c(c1)CN(CCCn1ccnc1)CO2. The molecule has 0 radical (unpaired) electrons. The fourth-order valence-electron chi connectivity index (χ4n) is 5.08. The molecule has 0 spiro atoms. The van der Waals surface area contributed by atoms with Crippen molar-refractivity contribution in [3.63, 3.8) is 0 Å². The first-order chi connectivity index (χ1) is 19.0. The van der Waals surface area contributed by atoms with Gasteiger partial charge < -0.3 is 18.6 Å². The molecule has 0 saturated carbocycles. The molecule has 0 N–H and O–H groups in total. The molecule has 4 heterocycles. The van der Waals surface area contributed by atoms with Crippen LogP contribution >= 0.6 is 0 Å². The van der Waals surface area contributed by atoms with Crippen LogP contribution < -0.4 is 9.47 Å². The normalized spacial score (nSPS) is 15.8. The molecule has 10 nitrogen and oxygen atoms in total. The van der Waals surface area contributed by atoms with Crippen LogP contribution in [-0.4, -0.2) is 63.9 Å². The number of nitrogens with zero attached hydrogens (tertiary/aromatic N) is 6. The first kappa shape index (κ1) is 25.6. The molecule has 0 fully saturated rings. The number of imidazole rings is 2. The summed E-state index contributed by atoms with van der Waals surface area (Å²) in [7, 11) is -3.70. The van der Waals surface area contributed by atoms with Crippen molar-refractivity contribution in [3.8, 4) is 11.5 Å². The molecule has 0 aliphatic carbocycles. The van der Waals surface area contributed by atoms with Crippen LogP contribution in [0.25, 0.3) is 0 Å². The van der Waals surface area contributed by atoms with Gasteiger partial charge in [0.2, 0.25) is 9.84 Å². The first-order valence-electron chi connectivity index (χ1n) is 13.2. The number of sulfone groups is 1. The van der Waals surface area contributed by atoms with Gasteiger partial charge in [-0.1, -0.05) is 0 Å². The van der Waals surface area contributed by atoms with Crippen molar-refractivity contribution in [1.82, 2.24) is 28.9 Å². The topological polar surface area (TPSA) is 94.7 Å². The zero-order valence-corrected chi connectivity index (χ0v) is 22.5. The third-order valence-electron chi connectivity index (χ3n) is 7.18. The highest BCUT2D eigenvalue weighted by atomic mass is 32.2. The van der Waals surface area contributed by atoms with Crippen molar-refractivity contribution >= 4 is 9.84 Å². The lowest BCUT2D eigenvalue weighted by atomic mass is 10.1. The maximum Gasteiger partial charge on any atom is 0.206 e. The van der Waals surface area contributed by atoms with Gasteiger partial charge in [0.05, 0.1) is 22.4 Å². The minimum atomic E-state index is -3.70. The van der Waals surface area contributed by atoms with Crippen molar-refractivity contribution in [2.45, 2.75) is 48.8 Å². The maximum atomic E-state index is 13.6. The molecule has 204 valence electrons. The zero-order chi connectivity index (χ0) is 26.7. The molecule has 0 unspecified atom stereocenters. The van der Waals surface area contributed by atoms with E-state index in [2.05, 4.69) is 19.8 Å². The second-order valence-corrected chi connectivity index (χ2v) is 12.0. The molecule has 0 atom stereocenters. The fraction of sp³-hybridized carbons (Fsp3) is 0.357. The second kappa shape index (κ2) is 11.2. The van der Waals surface area contributed by atoms with Crippen molar-refractivity contribution in [3.05, 3.63) is 85.0 Å². The van der Waals surface area contributed by atoms with Gasteiger partial charge in [-0.15, -0.1) is 0 Å². The van der Waals surface area contributed by atoms with Crippen molar-refractivity contribution in [2.75, 3.05) is 26.6 Å². The minimum Gasteiger partial charge on any atom is -0.478 e. The van der Waals surface area contributed by atoms with Crippen molar-refractivity contribution in [1.29, 1.82) is 0 Å². The molecule has 2 aromatic heterocycles. The van der Waals surface area contributed by atoms with Crippen molar-refractivity contribution in [2.24, 2.45) is 0 Å². The van der Waals surface area contributed by atoms with E-state index in [0.717, 1.165) is 61.6 Å². The summed E-state index contributed by atoms with van der Waals surface area (Å²) in [5, 5.41) is 0. The molecule has 39 heavy (non-hydrogen) atoms. The maximum absolute atomic E-state index is 13.6. The highest BCUT2D eigenvalue weighted by Crippen LogP contribution is 2.33. The van der Waals surface area contributed by atoms with Gasteiger partial charge in [0.25, 0.3) is 0 Å². The molecule has 2 aliphatic heterocycles. The Morgan fingerprint density at radius 3 is 1.62 bits per heavy atom. The van der Waals surface area contributed by atoms with E-state index in [1.54, 1.807) is 48.8 Å². The third-order valence-corrected chi connectivity index (χ3v) is 8.93. The van der Waals surface area contributed by atoms with Crippen LogP contribution in [0.2, 0.25) is 0 Å². The number of fused-ring (bicyclic) bond motifs is 2. The number of aromatic nitrogens is 4. The Morgan fingerprint density at radius 1 is 0.692 bits per heavy atom. The third kappa shape index (κ3) is 5.85. The minimum absolute atomic E-state index is 0.277. The summed E-state index contributed by atoms with van der Waals surface area (Å²) in [5.41, 5.74) is 1.77. The van der Waals surface area contributed by atoms with E-state index in [9.17, 15) is 8.42 Å². The lowest BCUT2D eigenvalue weighted by Gasteiger charge is -2.29. The first-order valence-corrected chi connectivity index (χ1v) is 14.7. The van der Waals surface area contributed by atoms with E-state index in [4.69, 9.17) is 9.47 Å². The van der Waals surface area contributed by atoms with E-state index in [1.807, 2.05) is 34.2 Å². The van der Waals surface area contributed by atoms with Gasteiger partial charge in [0, 0.05) is 75.2 Å². The van der Waals surface area contributed by atoms with Crippen LogP contribution in [0, 0.1) is 0 Å². The Bertz CT molecular complexity index is 1400. The second-order valence-electron chi connectivity index (χ2n) is 10.0. The summed E-state index contributed by atoms with van der Waals surface area (Å²) in [6.07, 6.45) is 13.0. The van der Waals surface area contributed by atoms with Gasteiger partial charge in [-0.05, 0) is 49.2 Å². The van der Waals surface area contributed by atoms with Crippen LogP contribution in [0.1, 0.15) is 24.0 Å². The summed E-state index contributed by atoms with van der Waals surface area (Å²) < 4.78 is 43.2. The summed E-state index contributed by atoms with van der Waals surface area (Å²) in [6, 6.07) is 10.3. The largest absolute Gasteiger partial charge is 0.478 e. The van der Waals surface area contributed by atoms with Crippen molar-refractivity contribution < 1.29 is 17.9 Å².